The molecule has 2 aromatic carbocycles. The van der Waals surface area contributed by atoms with Crippen molar-refractivity contribution in [2.24, 2.45) is 0 Å². The van der Waals surface area contributed by atoms with E-state index in [1.807, 2.05) is 0 Å². The molecule has 134 valence electrons. The SMILES string of the molecule is CCN(c1cc(Cl)ccc1OC)S(=O)(=O)c1ccc2c(c1)OCCO2. The molecule has 0 N–H and O–H groups in total. The van der Waals surface area contributed by atoms with E-state index < -0.39 is 10.0 Å². The fraction of sp³-hybridized carbons (Fsp3) is 0.294. The van der Waals surface area contributed by atoms with Crippen LogP contribution in [0.25, 0.3) is 0 Å². The zero-order chi connectivity index (χ0) is 18.0. The molecule has 0 atom stereocenters. The highest BCUT2D eigenvalue weighted by molar-refractivity contribution is 7.92. The summed E-state index contributed by atoms with van der Waals surface area (Å²) in [5.74, 6) is 1.38. The van der Waals surface area contributed by atoms with Crippen LogP contribution in [0.2, 0.25) is 5.02 Å². The van der Waals surface area contributed by atoms with Gasteiger partial charge in [-0.1, -0.05) is 11.6 Å². The summed E-state index contributed by atoms with van der Waals surface area (Å²) in [6.45, 7) is 2.79. The predicted octanol–water partition coefficient (Wildman–Crippen LogP) is 3.34. The summed E-state index contributed by atoms with van der Waals surface area (Å²) in [5.41, 5.74) is 0.382. The highest BCUT2D eigenvalue weighted by Gasteiger charge is 2.28. The van der Waals surface area contributed by atoms with E-state index in [-0.39, 0.29) is 11.4 Å². The lowest BCUT2D eigenvalue weighted by Crippen LogP contribution is -2.31. The quantitative estimate of drug-likeness (QED) is 0.792. The van der Waals surface area contributed by atoms with Gasteiger partial charge in [-0.3, -0.25) is 4.31 Å². The van der Waals surface area contributed by atoms with Gasteiger partial charge in [0.15, 0.2) is 11.5 Å². The van der Waals surface area contributed by atoms with Gasteiger partial charge in [-0.2, -0.15) is 0 Å². The summed E-state index contributed by atoms with van der Waals surface area (Å²) in [6, 6.07) is 9.43. The molecule has 1 aliphatic heterocycles. The van der Waals surface area contributed by atoms with Gasteiger partial charge in [-0.05, 0) is 37.3 Å². The maximum absolute atomic E-state index is 13.2. The van der Waals surface area contributed by atoms with Crippen molar-refractivity contribution in [1.82, 2.24) is 0 Å². The van der Waals surface area contributed by atoms with E-state index in [4.69, 9.17) is 25.8 Å². The van der Waals surface area contributed by atoms with E-state index in [1.54, 1.807) is 31.2 Å². The molecule has 0 unspecified atom stereocenters. The number of ether oxygens (including phenoxy) is 3. The van der Waals surface area contributed by atoms with Crippen LogP contribution in [-0.2, 0) is 10.0 Å². The Bertz CT molecular complexity index is 885. The van der Waals surface area contributed by atoms with E-state index in [1.165, 1.54) is 23.5 Å². The van der Waals surface area contributed by atoms with Crippen LogP contribution in [0.1, 0.15) is 6.92 Å². The Hall–Kier alpha value is -2.12. The van der Waals surface area contributed by atoms with Crippen LogP contribution in [0.4, 0.5) is 5.69 Å². The Labute approximate surface area is 151 Å². The molecule has 0 radical (unpaired) electrons. The molecule has 8 heteroatoms. The largest absolute Gasteiger partial charge is 0.495 e. The van der Waals surface area contributed by atoms with Crippen molar-refractivity contribution in [3.63, 3.8) is 0 Å². The monoisotopic (exact) mass is 383 g/mol. The Balaban J connectivity index is 2.07. The molecule has 0 aromatic heterocycles. The molecule has 0 amide bonds. The molecular weight excluding hydrogens is 366 g/mol. The molecule has 0 saturated carbocycles. The van der Waals surface area contributed by atoms with Crippen molar-refractivity contribution >= 4 is 27.3 Å². The standard InChI is InChI=1S/C17H18ClNO5S/c1-3-19(14-10-12(18)4-6-15(14)22-2)25(20,21)13-5-7-16-17(11-13)24-9-8-23-16/h4-7,10-11H,3,8-9H2,1-2H3. The van der Waals surface area contributed by atoms with Crippen LogP contribution < -0.4 is 18.5 Å². The van der Waals surface area contributed by atoms with Gasteiger partial charge in [0.1, 0.15) is 19.0 Å². The zero-order valence-corrected chi connectivity index (χ0v) is 15.4. The number of hydrogen-bond acceptors (Lipinski definition) is 5. The first-order chi connectivity index (χ1) is 12.0. The van der Waals surface area contributed by atoms with Crippen molar-refractivity contribution < 1.29 is 22.6 Å². The zero-order valence-electron chi connectivity index (χ0n) is 13.9. The van der Waals surface area contributed by atoms with Crippen molar-refractivity contribution in [1.29, 1.82) is 0 Å². The number of methoxy groups -OCH3 is 1. The highest BCUT2D eigenvalue weighted by atomic mass is 35.5. The lowest BCUT2D eigenvalue weighted by molar-refractivity contribution is 0.171. The number of benzene rings is 2. The highest BCUT2D eigenvalue weighted by Crippen LogP contribution is 2.37. The van der Waals surface area contributed by atoms with Crippen LogP contribution in [0, 0.1) is 0 Å². The number of sulfonamides is 1. The van der Waals surface area contributed by atoms with Crippen LogP contribution in [-0.4, -0.2) is 35.3 Å². The van der Waals surface area contributed by atoms with E-state index in [2.05, 4.69) is 0 Å². The number of anilines is 1. The number of nitrogens with zero attached hydrogens (tertiary/aromatic N) is 1. The van der Waals surface area contributed by atoms with E-state index >= 15 is 0 Å². The van der Waals surface area contributed by atoms with Crippen LogP contribution in [0.5, 0.6) is 17.2 Å². The summed E-state index contributed by atoms with van der Waals surface area (Å²) < 4.78 is 43.8. The predicted molar refractivity (Wildman–Crippen MR) is 95.6 cm³/mol. The van der Waals surface area contributed by atoms with Crippen molar-refractivity contribution in [2.45, 2.75) is 11.8 Å². The number of halogens is 1. The van der Waals surface area contributed by atoms with Crippen molar-refractivity contribution in [3.05, 3.63) is 41.4 Å². The molecule has 2 aromatic rings. The number of hydrogen-bond donors (Lipinski definition) is 0. The Morgan fingerprint density at radius 3 is 2.52 bits per heavy atom. The van der Waals surface area contributed by atoms with Gasteiger partial charge in [0.25, 0.3) is 10.0 Å². The minimum Gasteiger partial charge on any atom is -0.495 e. The molecule has 0 fully saturated rings. The van der Waals surface area contributed by atoms with Gasteiger partial charge in [0.2, 0.25) is 0 Å². The second-order valence-electron chi connectivity index (χ2n) is 5.29. The minimum absolute atomic E-state index is 0.112. The second kappa shape index (κ2) is 7.01. The van der Waals surface area contributed by atoms with E-state index in [0.29, 0.717) is 41.2 Å². The first-order valence-corrected chi connectivity index (χ1v) is 9.55. The van der Waals surface area contributed by atoms with Gasteiger partial charge in [0, 0.05) is 17.6 Å². The minimum atomic E-state index is -3.83. The third-order valence-electron chi connectivity index (χ3n) is 3.80. The molecule has 25 heavy (non-hydrogen) atoms. The maximum atomic E-state index is 13.2. The Morgan fingerprint density at radius 1 is 1.12 bits per heavy atom. The van der Waals surface area contributed by atoms with E-state index in [0.717, 1.165) is 0 Å². The van der Waals surface area contributed by atoms with Crippen molar-refractivity contribution in [3.8, 4) is 17.2 Å². The summed E-state index contributed by atoms with van der Waals surface area (Å²) in [4.78, 5) is 0.112. The van der Waals surface area contributed by atoms with Gasteiger partial charge in [-0.15, -0.1) is 0 Å². The van der Waals surface area contributed by atoms with Crippen molar-refractivity contribution in [2.75, 3.05) is 31.2 Å². The van der Waals surface area contributed by atoms with Gasteiger partial charge < -0.3 is 14.2 Å². The molecule has 1 heterocycles. The number of rotatable bonds is 5. The van der Waals surface area contributed by atoms with Gasteiger partial charge >= 0.3 is 0 Å². The van der Waals surface area contributed by atoms with Gasteiger partial charge in [0.05, 0.1) is 17.7 Å². The molecule has 3 rings (SSSR count). The normalized spacial score (nSPS) is 13.4. The average Bonchev–Trinajstić information content (AvgIpc) is 2.62. The Kier molecular flexibility index (Phi) is 4.96. The Morgan fingerprint density at radius 2 is 1.84 bits per heavy atom. The molecule has 0 aliphatic carbocycles. The fourth-order valence-electron chi connectivity index (χ4n) is 2.64. The fourth-order valence-corrected chi connectivity index (χ4v) is 4.30. The van der Waals surface area contributed by atoms with Crippen LogP contribution >= 0.6 is 11.6 Å². The smallest absolute Gasteiger partial charge is 0.264 e. The first kappa shape index (κ1) is 17.7. The maximum Gasteiger partial charge on any atom is 0.264 e. The molecule has 0 spiro atoms. The van der Waals surface area contributed by atoms with Crippen LogP contribution in [0.3, 0.4) is 0 Å². The molecule has 0 saturated heterocycles. The second-order valence-corrected chi connectivity index (χ2v) is 7.59. The summed E-state index contributed by atoms with van der Waals surface area (Å²) in [6.07, 6.45) is 0. The topological polar surface area (TPSA) is 65.1 Å². The van der Waals surface area contributed by atoms with Crippen LogP contribution in [0.15, 0.2) is 41.3 Å². The molecule has 0 bridgehead atoms. The summed E-state index contributed by atoms with van der Waals surface area (Å²) in [7, 11) is -2.34. The number of fused-ring (bicyclic) bond motifs is 1. The third-order valence-corrected chi connectivity index (χ3v) is 5.92. The summed E-state index contributed by atoms with van der Waals surface area (Å²) >= 11 is 6.05. The van der Waals surface area contributed by atoms with Gasteiger partial charge in [-0.25, -0.2) is 8.42 Å². The molecular formula is C17H18ClNO5S. The lowest BCUT2D eigenvalue weighted by Gasteiger charge is -2.26. The molecule has 6 nitrogen and oxygen atoms in total. The third kappa shape index (κ3) is 3.34. The molecule has 1 aliphatic rings. The average molecular weight is 384 g/mol. The first-order valence-electron chi connectivity index (χ1n) is 7.73. The lowest BCUT2D eigenvalue weighted by atomic mass is 10.3. The summed E-state index contributed by atoms with van der Waals surface area (Å²) in [5, 5.41) is 0.423. The van der Waals surface area contributed by atoms with E-state index in [9.17, 15) is 8.42 Å².